The molecule has 0 N–H and O–H groups in total. The van der Waals surface area contributed by atoms with Crippen molar-refractivity contribution in [3.8, 4) is 0 Å². The highest BCUT2D eigenvalue weighted by Crippen LogP contribution is 2.20. The van der Waals surface area contributed by atoms with Crippen LogP contribution in [-0.4, -0.2) is 64.5 Å². The van der Waals surface area contributed by atoms with E-state index in [0.717, 1.165) is 25.7 Å². The normalized spacial score (nSPS) is 14.2. The molecule has 0 amide bonds. The van der Waals surface area contributed by atoms with Crippen LogP contribution in [0.5, 0.6) is 0 Å². The summed E-state index contributed by atoms with van der Waals surface area (Å²) in [6.45, 7) is 19.1. The summed E-state index contributed by atoms with van der Waals surface area (Å²) >= 11 is 0. The number of rotatable bonds is 14. The molecule has 36 heavy (non-hydrogen) atoms. The van der Waals surface area contributed by atoms with Crippen molar-refractivity contribution in [3.63, 3.8) is 0 Å². The maximum Gasteiger partial charge on any atom is 0.323 e. The van der Waals surface area contributed by atoms with Gasteiger partial charge in [0.25, 0.3) is 0 Å². The molecule has 0 spiro atoms. The lowest BCUT2D eigenvalue weighted by molar-refractivity contribution is -0.168. The number of nitrogens with zero attached hydrogens (tertiary/aromatic N) is 1. The van der Waals surface area contributed by atoms with Crippen molar-refractivity contribution in [2.24, 2.45) is 5.92 Å². The van der Waals surface area contributed by atoms with Crippen LogP contribution in [0.15, 0.2) is 0 Å². The fourth-order valence-corrected chi connectivity index (χ4v) is 3.56. The number of carbonyl (C=O) groups is 4. The first-order valence-corrected chi connectivity index (χ1v) is 13.2. The number of carbonyl (C=O) groups excluding carboxylic acids is 4. The molecule has 0 aromatic rings. The molecule has 0 rings (SSSR count). The molecule has 0 aliphatic rings. The Morgan fingerprint density at radius 3 is 1.53 bits per heavy atom. The van der Waals surface area contributed by atoms with Gasteiger partial charge in [-0.2, -0.15) is 0 Å². The summed E-state index contributed by atoms with van der Waals surface area (Å²) in [4.78, 5) is 52.9. The van der Waals surface area contributed by atoms with E-state index in [0.29, 0.717) is 0 Å². The van der Waals surface area contributed by atoms with Gasteiger partial charge < -0.3 is 14.2 Å². The number of ether oxygens (including phenoxy) is 3. The molecule has 0 saturated heterocycles. The molecule has 1 unspecified atom stereocenters. The molecule has 0 aromatic carbocycles. The summed E-state index contributed by atoms with van der Waals surface area (Å²) in [5, 5.41) is 0. The molecular weight excluding hydrogens is 462 g/mol. The van der Waals surface area contributed by atoms with Crippen LogP contribution in [0.4, 0.5) is 0 Å². The van der Waals surface area contributed by atoms with E-state index in [-0.39, 0.29) is 37.6 Å². The first kappa shape index (κ1) is 34.0. The maximum absolute atomic E-state index is 13.2. The van der Waals surface area contributed by atoms with Crippen molar-refractivity contribution in [3.05, 3.63) is 0 Å². The lowest BCUT2D eigenvalue weighted by atomic mass is 9.94. The molecule has 0 aliphatic carbocycles. The Morgan fingerprint density at radius 2 is 1.14 bits per heavy atom. The van der Waals surface area contributed by atoms with E-state index in [1.165, 1.54) is 4.90 Å². The Labute approximate surface area is 218 Å². The zero-order chi connectivity index (χ0) is 28.3. The largest absolute Gasteiger partial charge is 0.459 e. The summed E-state index contributed by atoms with van der Waals surface area (Å²) < 4.78 is 16.5. The topological polar surface area (TPSA) is 99.2 Å². The van der Waals surface area contributed by atoms with Crippen LogP contribution in [0, 0.1) is 5.92 Å². The molecule has 0 heterocycles. The van der Waals surface area contributed by atoms with Crippen LogP contribution in [0.2, 0.25) is 0 Å². The van der Waals surface area contributed by atoms with Gasteiger partial charge in [-0.15, -0.1) is 0 Å². The Balaban J connectivity index is 5.88. The van der Waals surface area contributed by atoms with Gasteiger partial charge in [0.15, 0.2) is 0 Å². The second-order valence-corrected chi connectivity index (χ2v) is 12.5. The minimum atomic E-state index is -0.990. The van der Waals surface area contributed by atoms with E-state index < -0.39 is 40.8 Å². The third-order valence-corrected chi connectivity index (χ3v) is 5.08. The van der Waals surface area contributed by atoms with Crippen LogP contribution in [-0.2, 0) is 33.4 Å². The SMILES string of the molecule is CCCCCC(C)C(=O)CC[C@@H](C(=O)OC(C)(C)C)N(CC(=O)OC(C)(C)C)CC(=O)OC(C)(C)C. The van der Waals surface area contributed by atoms with Gasteiger partial charge in [-0.05, 0) is 75.2 Å². The van der Waals surface area contributed by atoms with Crippen LogP contribution in [0.3, 0.4) is 0 Å². The molecule has 8 nitrogen and oxygen atoms in total. The van der Waals surface area contributed by atoms with Gasteiger partial charge in [-0.25, -0.2) is 0 Å². The summed E-state index contributed by atoms with van der Waals surface area (Å²) in [6.07, 6.45) is 4.17. The van der Waals surface area contributed by atoms with Gasteiger partial charge in [0, 0.05) is 12.3 Å². The quantitative estimate of drug-likeness (QED) is 0.176. The van der Waals surface area contributed by atoms with Crippen LogP contribution < -0.4 is 0 Å². The van der Waals surface area contributed by atoms with E-state index in [1.807, 2.05) is 6.92 Å². The number of hydrogen-bond donors (Lipinski definition) is 0. The number of Topliss-reactive ketones (excluding diaryl/α,β-unsaturated/α-hetero) is 1. The summed E-state index contributed by atoms with van der Waals surface area (Å²) in [5.74, 6) is -1.84. The smallest absolute Gasteiger partial charge is 0.323 e. The Hall–Kier alpha value is -1.96. The number of unbranched alkanes of at least 4 members (excludes halogenated alkanes) is 2. The second kappa shape index (κ2) is 14.7. The van der Waals surface area contributed by atoms with E-state index in [4.69, 9.17) is 14.2 Å². The lowest BCUT2D eigenvalue weighted by Crippen LogP contribution is -2.50. The average molecular weight is 514 g/mol. The molecule has 0 bridgehead atoms. The fourth-order valence-electron chi connectivity index (χ4n) is 3.56. The molecule has 8 heteroatoms. The monoisotopic (exact) mass is 513 g/mol. The van der Waals surface area contributed by atoms with Crippen molar-refractivity contribution in [2.45, 2.75) is 138 Å². The lowest BCUT2D eigenvalue weighted by Gasteiger charge is -2.33. The highest BCUT2D eigenvalue weighted by atomic mass is 16.6. The molecule has 0 saturated carbocycles. The number of esters is 3. The van der Waals surface area contributed by atoms with Crippen molar-refractivity contribution >= 4 is 23.7 Å². The van der Waals surface area contributed by atoms with Gasteiger partial charge in [-0.1, -0.05) is 33.1 Å². The first-order chi connectivity index (χ1) is 16.2. The van der Waals surface area contributed by atoms with Gasteiger partial charge in [0.05, 0.1) is 13.1 Å². The van der Waals surface area contributed by atoms with Crippen molar-refractivity contribution < 1.29 is 33.4 Å². The van der Waals surface area contributed by atoms with Crippen molar-refractivity contribution in [1.82, 2.24) is 4.90 Å². The Kier molecular flexibility index (Phi) is 13.9. The summed E-state index contributed by atoms with van der Waals surface area (Å²) in [5.41, 5.74) is -2.25. The van der Waals surface area contributed by atoms with E-state index in [9.17, 15) is 19.2 Å². The van der Waals surface area contributed by atoms with Gasteiger partial charge in [-0.3, -0.25) is 24.1 Å². The van der Waals surface area contributed by atoms with E-state index in [2.05, 4.69) is 6.92 Å². The highest BCUT2D eigenvalue weighted by Gasteiger charge is 2.35. The third-order valence-electron chi connectivity index (χ3n) is 5.08. The fraction of sp³-hybridized carbons (Fsp3) is 0.857. The van der Waals surface area contributed by atoms with Crippen LogP contribution >= 0.6 is 0 Å². The Bertz CT molecular complexity index is 696. The average Bonchev–Trinajstić information content (AvgIpc) is 2.63. The minimum Gasteiger partial charge on any atom is -0.459 e. The predicted octanol–water partition coefficient (Wildman–Crippen LogP) is 5.25. The molecule has 0 radical (unpaired) electrons. The predicted molar refractivity (Wildman–Crippen MR) is 140 cm³/mol. The van der Waals surface area contributed by atoms with Crippen molar-refractivity contribution in [1.29, 1.82) is 0 Å². The maximum atomic E-state index is 13.2. The third kappa shape index (κ3) is 16.7. The molecule has 0 fully saturated rings. The zero-order valence-electron chi connectivity index (χ0n) is 24.6. The molecule has 210 valence electrons. The van der Waals surface area contributed by atoms with Crippen LogP contribution in [0.25, 0.3) is 0 Å². The minimum absolute atomic E-state index is 0.0501. The molecule has 0 aliphatic heterocycles. The van der Waals surface area contributed by atoms with Crippen LogP contribution in [0.1, 0.15) is 115 Å². The van der Waals surface area contributed by atoms with E-state index in [1.54, 1.807) is 62.3 Å². The van der Waals surface area contributed by atoms with Crippen molar-refractivity contribution in [2.75, 3.05) is 13.1 Å². The second-order valence-electron chi connectivity index (χ2n) is 12.5. The standard InChI is InChI=1S/C28H51NO7/c1-12-13-14-15-20(2)22(30)17-16-21(25(33)36-28(9,10)11)29(18-23(31)34-26(3,4)5)19-24(32)35-27(6,7)8/h20-21H,12-19H2,1-11H3/t20?,21-/m0/s1. The number of hydrogen-bond acceptors (Lipinski definition) is 8. The highest BCUT2D eigenvalue weighted by molar-refractivity contribution is 5.83. The number of ketones is 1. The molecule has 2 atom stereocenters. The molecular formula is C28H51NO7. The Morgan fingerprint density at radius 1 is 0.694 bits per heavy atom. The van der Waals surface area contributed by atoms with E-state index >= 15 is 0 Å². The zero-order valence-corrected chi connectivity index (χ0v) is 24.6. The molecule has 0 aromatic heterocycles. The first-order valence-electron chi connectivity index (χ1n) is 13.2. The summed E-state index contributed by atoms with van der Waals surface area (Å²) in [7, 11) is 0. The van der Waals surface area contributed by atoms with Gasteiger partial charge >= 0.3 is 17.9 Å². The van der Waals surface area contributed by atoms with Gasteiger partial charge in [0.2, 0.25) is 0 Å². The van der Waals surface area contributed by atoms with Gasteiger partial charge in [0.1, 0.15) is 28.6 Å². The summed E-state index contributed by atoms with van der Waals surface area (Å²) in [6, 6.07) is -0.990.